The van der Waals surface area contributed by atoms with Gasteiger partial charge in [-0.2, -0.15) is 5.26 Å². The normalized spacial score (nSPS) is 10.0. The predicted octanol–water partition coefficient (Wildman–Crippen LogP) is 2.37. The average molecular weight is 281 g/mol. The molecule has 0 atom stereocenters. The Morgan fingerprint density at radius 2 is 2.38 bits per heavy atom. The Hall–Kier alpha value is -1.80. The second-order valence-electron chi connectivity index (χ2n) is 2.93. The fourth-order valence-electron chi connectivity index (χ4n) is 1.06. The molecule has 1 rings (SSSR count). The molecule has 1 aromatic rings. The zero-order valence-corrected chi connectivity index (χ0v) is 9.86. The number of nitriles is 1. The molecule has 5 heteroatoms. The minimum absolute atomic E-state index is 0.413. The van der Waals surface area contributed by atoms with Crippen LogP contribution >= 0.6 is 15.9 Å². The van der Waals surface area contributed by atoms with E-state index in [1.807, 2.05) is 6.07 Å². The average Bonchev–Trinajstić information content (AvgIpc) is 2.25. The molecule has 0 bridgehead atoms. The van der Waals surface area contributed by atoms with Crippen molar-refractivity contribution >= 4 is 27.6 Å². The monoisotopic (exact) mass is 280 g/mol. The Labute approximate surface area is 101 Å². The van der Waals surface area contributed by atoms with Crippen molar-refractivity contribution in [3.63, 3.8) is 0 Å². The lowest BCUT2D eigenvalue weighted by atomic mass is 10.2. The lowest BCUT2D eigenvalue weighted by molar-refractivity contribution is -0.131. The predicted molar refractivity (Wildman–Crippen MR) is 64.1 cm³/mol. The maximum absolute atomic E-state index is 10.2. The van der Waals surface area contributed by atoms with Crippen LogP contribution in [0, 0.1) is 11.3 Å². The third-order valence-corrected chi connectivity index (χ3v) is 2.43. The van der Waals surface area contributed by atoms with Gasteiger partial charge < -0.3 is 10.4 Å². The van der Waals surface area contributed by atoms with Gasteiger partial charge in [0.1, 0.15) is 0 Å². The van der Waals surface area contributed by atoms with E-state index in [9.17, 15) is 4.79 Å². The summed E-state index contributed by atoms with van der Waals surface area (Å²) in [6.07, 6.45) is 2.58. The van der Waals surface area contributed by atoms with Gasteiger partial charge in [-0.15, -0.1) is 0 Å². The third kappa shape index (κ3) is 3.75. The molecule has 2 N–H and O–H groups in total. The molecular formula is C11H9BrN2O2. The molecule has 82 valence electrons. The van der Waals surface area contributed by atoms with Gasteiger partial charge in [0, 0.05) is 22.8 Å². The second-order valence-corrected chi connectivity index (χ2v) is 3.78. The van der Waals surface area contributed by atoms with Gasteiger partial charge in [0.05, 0.1) is 11.6 Å². The zero-order chi connectivity index (χ0) is 12.0. The molecule has 0 unspecified atom stereocenters. The van der Waals surface area contributed by atoms with Crippen molar-refractivity contribution in [2.45, 2.75) is 0 Å². The Balaban J connectivity index is 2.62. The molecule has 0 saturated heterocycles. The Morgan fingerprint density at radius 1 is 1.62 bits per heavy atom. The summed E-state index contributed by atoms with van der Waals surface area (Å²) in [6.45, 7) is 0.413. The lowest BCUT2D eigenvalue weighted by Gasteiger charge is -2.05. The molecule has 0 aliphatic rings. The zero-order valence-electron chi connectivity index (χ0n) is 8.27. The number of halogens is 1. The molecule has 0 aliphatic carbocycles. The van der Waals surface area contributed by atoms with E-state index in [1.165, 1.54) is 6.08 Å². The summed E-state index contributed by atoms with van der Waals surface area (Å²) >= 11 is 3.31. The van der Waals surface area contributed by atoms with Crippen molar-refractivity contribution in [3.8, 4) is 6.07 Å². The Morgan fingerprint density at radius 3 is 2.94 bits per heavy atom. The highest BCUT2D eigenvalue weighted by Crippen LogP contribution is 2.23. The fourth-order valence-corrected chi connectivity index (χ4v) is 1.58. The number of carboxylic acids is 1. The van der Waals surface area contributed by atoms with Crippen LogP contribution in [0.1, 0.15) is 5.56 Å². The first kappa shape index (κ1) is 12.3. The van der Waals surface area contributed by atoms with Crippen molar-refractivity contribution in [2.75, 3.05) is 11.9 Å². The number of benzene rings is 1. The van der Waals surface area contributed by atoms with Gasteiger partial charge in [0.15, 0.2) is 0 Å². The molecule has 0 heterocycles. The van der Waals surface area contributed by atoms with Gasteiger partial charge in [-0.25, -0.2) is 4.79 Å². The molecule has 0 radical (unpaired) electrons. The van der Waals surface area contributed by atoms with E-state index in [-0.39, 0.29) is 0 Å². The van der Waals surface area contributed by atoms with E-state index in [2.05, 4.69) is 21.2 Å². The number of hydrogen-bond donors (Lipinski definition) is 2. The summed E-state index contributed by atoms with van der Waals surface area (Å²) in [5.74, 6) is -0.972. The second kappa shape index (κ2) is 5.93. The number of nitrogens with one attached hydrogen (secondary N) is 1. The van der Waals surface area contributed by atoms with Gasteiger partial charge in [0.2, 0.25) is 0 Å². The number of carboxylic acid groups (broad SMARTS) is 1. The van der Waals surface area contributed by atoms with E-state index in [1.54, 1.807) is 18.2 Å². The first-order valence-corrected chi connectivity index (χ1v) is 5.26. The molecule has 0 fully saturated rings. The van der Waals surface area contributed by atoms with Crippen LogP contribution in [0.3, 0.4) is 0 Å². The summed E-state index contributed by atoms with van der Waals surface area (Å²) in [5, 5.41) is 20.0. The summed E-state index contributed by atoms with van der Waals surface area (Å²) in [5.41, 5.74) is 1.38. The fraction of sp³-hybridized carbons (Fsp3) is 0.0909. The SMILES string of the molecule is N#Cc1ccc(NC/C=C/C(=O)O)c(Br)c1. The number of nitrogens with zero attached hydrogens (tertiary/aromatic N) is 1. The van der Waals surface area contributed by atoms with Crippen LogP contribution < -0.4 is 5.32 Å². The highest BCUT2D eigenvalue weighted by molar-refractivity contribution is 9.10. The van der Waals surface area contributed by atoms with Crippen LogP contribution in [0.15, 0.2) is 34.8 Å². The lowest BCUT2D eigenvalue weighted by Crippen LogP contribution is -2.00. The molecule has 1 aromatic carbocycles. The largest absolute Gasteiger partial charge is 0.478 e. The minimum atomic E-state index is -0.972. The summed E-state index contributed by atoms with van der Waals surface area (Å²) < 4.78 is 0.773. The maximum Gasteiger partial charge on any atom is 0.328 e. The van der Waals surface area contributed by atoms with Crippen LogP contribution in [-0.4, -0.2) is 17.6 Å². The van der Waals surface area contributed by atoms with E-state index < -0.39 is 5.97 Å². The van der Waals surface area contributed by atoms with Crippen molar-refractivity contribution < 1.29 is 9.90 Å². The number of carbonyl (C=O) groups is 1. The topological polar surface area (TPSA) is 73.1 Å². The van der Waals surface area contributed by atoms with Crippen molar-refractivity contribution in [1.29, 1.82) is 5.26 Å². The molecular weight excluding hydrogens is 272 g/mol. The summed E-state index contributed by atoms with van der Waals surface area (Å²) in [6, 6.07) is 7.18. The molecule has 0 saturated carbocycles. The summed E-state index contributed by atoms with van der Waals surface area (Å²) in [4.78, 5) is 10.2. The highest BCUT2D eigenvalue weighted by Gasteiger charge is 1.99. The van der Waals surface area contributed by atoms with Crippen LogP contribution in [0.25, 0.3) is 0 Å². The van der Waals surface area contributed by atoms with E-state index >= 15 is 0 Å². The quantitative estimate of drug-likeness (QED) is 0.831. The number of anilines is 1. The molecule has 0 aromatic heterocycles. The molecule has 0 amide bonds. The smallest absolute Gasteiger partial charge is 0.328 e. The molecule has 0 spiro atoms. The number of aliphatic carboxylic acids is 1. The van der Waals surface area contributed by atoms with Crippen LogP contribution in [0.2, 0.25) is 0 Å². The Kier molecular flexibility index (Phi) is 4.55. The molecule has 16 heavy (non-hydrogen) atoms. The standard InChI is InChI=1S/C11H9BrN2O2/c12-9-6-8(7-13)3-4-10(9)14-5-1-2-11(15)16/h1-4,6,14H,5H2,(H,15,16)/b2-1+. The van der Waals surface area contributed by atoms with Crippen molar-refractivity contribution in [1.82, 2.24) is 0 Å². The van der Waals surface area contributed by atoms with E-state index in [4.69, 9.17) is 10.4 Å². The molecule has 4 nitrogen and oxygen atoms in total. The minimum Gasteiger partial charge on any atom is -0.478 e. The number of hydrogen-bond acceptors (Lipinski definition) is 3. The van der Waals surface area contributed by atoms with Gasteiger partial charge >= 0.3 is 5.97 Å². The van der Waals surface area contributed by atoms with Crippen molar-refractivity contribution in [3.05, 3.63) is 40.4 Å². The van der Waals surface area contributed by atoms with Gasteiger partial charge in [-0.05, 0) is 34.1 Å². The van der Waals surface area contributed by atoms with Crippen LogP contribution in [-0.2, 0) is 4.79 Å². The van der Waals surface area contributed by atoms with E-state index in [0.717, 1.165) is 16.2 Å². The first-order valence-electron chi connectivity index (χ1n) is 4.46. The number of rotatable bonds is 4. The highest BCUT2D eigenvalue weighted by atomic mass is 79.9. The van der Waals surface area contributed by atoms with Gasteiger partial charge in [-0.1, -0.05) is 6.08 Å². The van der Waals surface area contributed by atoms with Gasteiger partial charge in [-0.3, -0.25) is 0 Å². The first-order chi connectivity index (χ1) is 7.63. The third-order valence-electron chi connectivity index (χ3n) is 1.77. The maximum atomic E-state index is 10.2. The van der Waals surface area contributed by atoms with E-state index in [0.29, 0.717) is 12.1 Å². The summed E-state index contributed by atoms with van der Waals surface area (Å²) in [7, 11) is 0. The van der Waals surface area contributed by atoms with Gasteiger partial charge in [0.25, 0.3) is 0 Å². The van der Waals surface area contributed by atoms with Crippen LogP contribution in [0.4, 0.5) is 5.69 Å². The molecule has 0 aliphatic heterocycles. The van der Waals surface area contributed by atoms with Crippen LogP contribution in [0.5, 0.6) is 0 Å². The van der Waals surface area contributed by atoms with Crippen molar-refractivity contribution in [2.24, 2.45) is 0 Å². The Bertz CT molecular complexity index is 464.